The lowest BCUT2D eigenvalue weighted by molar-refractivity contribution is 0.390. The summed E-state index contributed by atoms with van der Waals surface area (Å²) in [5.41, 5.74) is -0.0857. The fourth-order valence-corrected chi connectivity index (χ4v) is 1.38. The van der Waals surface area contributed by atoms with Crippen LogP contribution in [-0.2, 0) is 7.05 Å². The van der Waals surface area contributed by atoms with Gasteiger partial charge in [-0.3, -0.25) is 4.79 Å². The van der Waals surface area contributed by atoms with Crippen molar-refractivity contribution in [3.8, 4) is 5.88 Å². The van der Waals surface area contributed by atoms with Gasteiger partial charge in [-0.25, -0.2) is 4.98 Å². The minimum Gasteiger partial charge on any atom is -0.480 e. The second-order valence-corrected chi connectivity index (χ2v) is 3.06. The molecule has 0 saturated carbocycles. The van der Waals surface area contributed by atoms with Crippen molar-refractivity contribution in [1.29, 1.82) is 0 Å². The zero-order valence-electron chi connectivity index (χ0n) is 6.17. The lowest BCUT2D eigenvalue weighted by atomic mass is 10.6. The monoisotopic (exact) mass is 266 g/mol. The molecule has 1 rings (SSSR count). The minimum absolute atomic E-state index is 0.0857. The zero-order valence-corrected chi connectivity index (χ0v) is 8.32. The first-order valence-electron chi connectivity index (χ1n) is 2.92. The molecule has 0 spiro atoms. The van der Waals surface area contributed by atoms with Gasteiger partial charge in [0.05, 0.1) is 7.11 Å². The summed E-state index contributed by atoms with van der Waals surface area (Å²) in [4.78, 5) is 15.1. The van der Waals surface area contributed by atoms with Crippen LogP contribution in [0.3, 0.4) is 0 Å². The Kier molecular flexibility index (Phi) is 2.48. The summed E-state index contributed by atoms with van der Waals surface area (Å²) in [6.45, 7) is 0. The normalized spacial score (nSPS) is 9.73. The van der Waals surface area contributed by atoms with E-state index >= 15 is 0 Å². The van der Waals surface area contributed by atoms with E-state index in [0.717, 1.165) is 0 Å². The van der Waals surface area contributed by atoms with Crippen molar-refractivity contribution >= 4 is 22.6 Å². The molecule has 5 heteroatoms. The maximum Gasteiger partial charge on any atom is 0.270 e. The number of halogens is 1. The average molecular weight is 266 g/mol. The standard InChI is InChI=1S/C6H7IN2O2/c1-9-3-8-5(11-2)4(7)6(9)10/h3H,1-2H3. The fourth-order valence-electron chi connectivity index (χ4n) is 0.637. The second kappa shape index (κ2) is 3.21. The van der Waals surface area contributed by atoms with Crippen LogP contribution in [0.4, 0.5) is 0 Å². The highest BCUT2D eigenvalue weighted by molar-refractivity contribution is 14.1. The molecule has 0 bridgehead atoms. The quantitative estimate of drug-likeness (QED) is 0.691. The Morgan fingerprint density at radius 2 is 2.36 bits per heavy atom. The van der Waals surface area contributed by atoms with Gasteiger partial charge in [0, 0.05) is 7.05 Å². The summed E-state index contributed by atoms with van der Waals surface area (Å²) < 4.78 is 6.77. The van der Waals surface area contributed by atoms with E-state index in [1.54, 1.807) is 7.05 Å². The van der Waals surface area contributed by atoms with E-state index < -0.39 is 0 Å². The lowest BCUT2D eigenvalue weighted by Crippen LogP contribution is -2.20. The maximum atomic E-state index is 11.2. The number of rotatable bonds is 1. The van der Waals surface area contributed by atoms with Crippen LogP contribution in [0.15, 0.2) is 11.1 Å². The summed E-state index contributed by atoms with van der Waals surface area (Å²) >= 11 is 1.91. The summed E-state index contributed by atoms with van der Waals surface area (Å²) in [5.74, 6) is 0.383. The first-order valence-corrected chi connectivity index (χ1v) is 4.00. The molecule has 0 aliphatic rings. The molecular weight excluding hydrogens is 259 g/mol. The molecule has 0 aromatic carbocycles. The molecule has 0 radical (unpaired) electrons. The van der Waals surface area contributed by atoms with Crippen LogP contribution in [0, 0.1) is 3.57 Å². The largest absolute Gasteiger partial charge is 0.480 e. The molecule has 1 aromatic rings. The molecule has 1 heterocycles. The van der Waals surface area contributed by atoms with Crippen molar-refractivity contribution in [2.45, 2.75) is 0 Å². The number of aromatic nitrogens is 2. The molecular formula is C6H7IN2O2. The fraction of sp³-hybridized carbons (Fsp3) is 0.333. The van der Waals surface area contributed by atoms with E-state index in [1.165, 1.54) is 18.0 Å². The molecule has 0 atom stereocenters. The number of aryl methyl sites for hydroxylation is 1. The van der Waals surface area contributed by atoms with Crippen molar-refractivity contribution in [2.24, 2.45) is 7.05 Å². The minimum atomic E-state index is -0.0857. The van der Waals surface area contributed by atoms with Crippen LogP contribution in [0.2, 0.25) is 0 Å². The van der Waals surface area contributed by atoms with E-state index in [1.807, 2.05) is 22.6 Å². The molecule has 60 valence electrons. The van der Waals surface area contributed by atoms with Gasteiger partial charge in [-0.15, -0.1) is 0 Å². The average Bonchev–Trinajstić information content (AvgIpc) is 2.01. The van der Waals surface area contributed by atoms with Gasteiger partial charge < -0.3 is 9.30 Å². The Morgan fingerprint density at radius 1 is 1.73 bits per heavy atom. The van der Waals surface area contributed by atoms with Crippen LogP contribution < -0.4 is 10.3 Å². The highest BCUT2D eigenvalue weighted by atomic mass is 127. The molecule has 0 saturated heterocycles. The lowest BCUT2D eigenvalue weighted by Gasteiger charge is -2.01. The zero-order chi connectivity index (χ0) is 8.43. The summed E-state index contributed by atoms with van der Waals surface area (Å²) in [5, 5.41) is 0. The number of methoxy groups -OCH3 is 1. The molecule has 1 aromatic heterocycles. The van der Waals surface area contributed by atoms with E-state index in [0.29, 0.717) is 9.45 Å². The Bertz CT molecular complexity index is 321. The van der Waals surface area contributed by atoms with E-state index in [9.17, 15) is 4.79 Å². The molecule has 0 aliphatic carbocycles. The number of hydrogen-bond donors (Lipinski definition) is 0. The summed E-state index contributed by atoms with van der Waals surface area (Å²) in [7, 11) is 3.14. The van der Waals surface area contributed by atoms with Gasteiger partial charge in [0.1, 0.15) is 9.90 Å². The molecule has 0 aliphatic heterocycles. The molecule has 4 nitrogen and oxygen atoms in total. The van der Waals surface area contributed by atoms with E-state index in [-0.39, 0.29) is 5.56 Å². The predicted octanol–water partition coefficient (Wildman–Crippen LogP) is 0.394. The molecule has 0 fully saturated rings. The van der Waals surface area contributed by atoms with Crippen LogP contribution in [0.25, 0.3) is 0 Å². The molecule has 11 heavy (non-hydrogen) atoms. The highest BCUT2D eigenvalue weighted by Crippen LogP contribution is 2.10. The van der Waals surface area contributed by atoms with Crippen LogP contribution in [0.5, 0.6) is 5.88 Å². The van der Waals surface area contributed by atoms with Gasteiger partial charge in [0.25, 0.3) is 5.56 Å². The van der Waals surface area contributed by atoms with Crippen LogP contribution >= 0.6 is 22.6 Å². The smallest absolute Gasteiger partial charge is 0.270 e. The van der Waals surface area contributed by atoms with Gasteiger partial charge in [-0.1, -0.05) is 0 Å². The maximum absolute atomic E-state index is 11.2. The molecule has 0 unspecified atom stereocenters. The topological polar surface area (TPSA) is 44.1 Å². The third-order valence-electron chi connectivity index (χ3n) is 1.24. The van der Waals surface area contributed by atoms with E-state index in [4.69, 9.17) is 4.74 Å². The predicted molar refractivity (Wildman–Crippen MR) is 48.7 cm³/mol. The van der Waals surface area contributed by atoms with Crippen molar-refractivity contribution < 1.29 is 4.74 Å². The second-order valence-electron chi connectivity index (χ2n) is 1.98. The van der Waals surface area contributed by atoms with Crippen molar-refractivity contribution in [2.75, 3.05) is 7.11 Å². The van der Waals surface area contributed by atoms with Gasteiger partial charge in [0.2, 0.25) is 5.88 Å². The van der Waals surface area contributed by atoms with Crippen LogP contribution in [-0.4, -0.2) is 16.7 Å². The van der Waals surface area contributed by atoms with Crippen LogP contribution in [0.1, 0.15) is 0 Å². The highest BCUT2D eigenvalue weighted by Gasteiger charge is 2.05. The van der Waals surface area contributed by atoms with Gasteiger partial charge in [-0.2, -0.15) is 0 Å². The summed E-state index contributed by atoms with van der Waals surface area (Å²) in [6, 6.07) is 0. The number of nitrogens with zero attached hydrogens (tertiary/aromatic N) is 2. The van der Waals surface area contributed by atoms with Crippen molar-refractivity contribution in [3.05, 3.63) is 20.3 Å². The molecule has 0 amide bonds. The Balaban J connectivity index is 3.37. The number of ether oxygens (including phenoxy) is 1. The van der Waals surface area contributed by atoms with Crippen molar-refractivity contribution in [3.63, 3.8) is 0 Å². The first-order chi connectivity index (χ1) is 5.16. The Morgan fingerprint density at radius 3 is 2.91 bits per heavy atom. The van der Waals surface area contributed by atoms with Gasteiger partial charge >= 0.3 is 0 Å². The van der Waals surface area contributed by atoms with Crippen molar-refractivity contribution in [1.82, 2.24) is 9.55 Å². The third-order valence-corrected chi connectivity index (χ3v) is 2.16. The summed E-state index contributed by atoms with van der Waals surface area (Å²) in [6.07, 6.45) is 1.43. The Labute approximate surface area is 77.3 Å². The van der Waals surface area contributed by atoms with Gasteiger partial charge in [-0.05, 0) is 22.6 Å². The first kappa shape index (κ1) is 8.51. The van der Waals surface area contributed by atoms with E-state index in [2.05, 4.69) is 4.98 Å². The SMILES string of the molecule is COc1ncn(C)c(=O)c1I. The molecule has 0 N–H and O–H groups in total. The number of hydrogen-bond acceptors (Lipinski definition) is 3. The third kappa shape index (κ3) is 1.52. The van der Waals surface area contributed by atoms with Gasteiger partial charge in [0.15, 0.2) is 0 Å². The Hall–Kier alpha value is -0.590.